The molecule has 0 aromatic carbocycles. The lowest BCUT2D eigenvalue weighted by Crippen LogP contribution is -2.48. The maximum Gasteiger partial charge on any atom is 0.237 e. The number of carbonyl (C=O) groups is 1. The summed E-state index contributed by atoms with van der Waals surface area (Å²) in [4.78, 5) is 11.2. The molecule has 0 aliphatic carbocycles. The van der Waals surface area contributed by atoms with Crippen LogP contribution in [0.2, 0.25) is 0 Å². The lowest BCUT2D eigenvalue weighted by atomic mass is 10.1. The molecule has 1 fully saturated rings. The second-order valence-electron chi connectivity index (χ2n) is 3.58. The van der Waals surface area contributed by atoms with Gasteiger partial charge in [0.05, 0.1) is 12.1 Å². The van der Waals surface area contributed by atoms with E-state index < -0.39 is 0 Å². The van der Waals surface area contributed by atoms with Crippen molar-refractivity contribution in [1.29, 1.82) is 0 Å². The van der Waals surface area contributed by atoms with E-state index in [0.717, 1.165) is 19.4 Å². The minimum Gasteiger partial charge on any atom is -0.393 e. The van der Waals surface area contributed by atoms with E-state index in [1.807, 2.05) is 0 Å². The summed E-state index contributed by atoms with van der Waals surface area (Å²) in [6.45, 7) is 3.26. The Bertz CT molecular complexity index is 171. The molecule has 0 bridgehead atoms. The second kappa shape index (κ2) is 5.19. The van der Waals surface area contributed by atoms with E-state index in [-0.39, 0.29) is 18.1 Å². The van der Waals surface area contributed by atoms with Gasteiger partial charge in [-0.1, -0.05) is 0 Å². The quantitative estimate of drug-likeness (QED) is 0.561. The number of amides is 1. The van der Waals surface area contributed by atoms with Crippen LogP contribution in [0.25, 0.3) is 0 Å². The highest BCUT2D eigenvalue weighted by atomic mass is 16.3. The molecule has 3 N–H and O–H groups in total. The molecule has 0 saturated carbocycles. The van der Waals surface area contributed by atoms with Crippen molar-refractivity contribution in [1.82, 2.24) is 10.6 Å². The van der Waals surface area contributed by atoms with Crippen LogP contribution in [0.3, 0.4) is 0 Å². The van der Waals surface area contributed by atoms with Crippen molar-refractivity contribution in [3.8, 4) is 0 Å². The van der Waals surface area contributed by atoms with Gasteiger partial charge in [0, 0.05) is 6.54 Å². The van der Waals surface area contributed by atoms with Gasteiger partial charge in [0.15, 0.2) is 0 Å². The topological polar surface area (TPSA) is 61.4 Å². The Balaban J connectivity index is 2.15. The summed E-state index contributed by atoms with van der Waals surface area (Å²) >= 11 is 0. The van der Waals surface area contributed by atoms with Crippen molar-refractivity contribution in [3.05, 3.63) is 0 Å². The molecule has 0 radical (unpaired) electrons. The average molecular weight is 186 g/mol. The second-order valence-corrected chi connectivity index (χ2v) is 3.58. The number of carbonyl (C=O) groups excluding carboxylic acids is 1. The van der Waals surface area contributed by atoms with Gasteiger partial charge in [0.2, 0.25) is 5.91 Å². The predicted molar refractivity (Wildman–Crippen MR) is 50.3 cm³/mol. The molecular weight excluding hydrogens is 168 g/mol. The van der Waals surface area contributed by atoms with Crippen LogP contribution in [0.4, 0.5) is 0 Å². The molecule has 2 atom stereocenters. The number of aliphatic hydroxyl groups is 1. The number of piperidine rings is 1. The van der Waals surface area contributed by atoms with Crippen LogP contribution in [0.1, 0.15) is 26.2 Å². The van der Waals surface area contributed by atoms with Gasteiger partial charge in [0.1, 0.15) is 0 Å². The Hall–Kier alpha value is -0.610. The summed E-state index contributed by atoms with van der Waals surface area (Å²) in [5.74, 6) is 0.0943. The van der Waals surface area contributed by atoms with E-state index >= 15 is 0 Å². The van der Waals surface area contributed by atoms with E-state index in [1.165, 1.54) is 0 Å². The normalized spacial score (nSPS) is 25.4. The minimum absolute atomic E-state index is 0.0486. The third-order valence-electron chi connectivity index (χ3n) is 2.24. The molecule has 1 heterocycles. The highest BCUT2D eigenvalue weighted by Crippen LogP contribution is 2.02. The Morgan fingerprint density at radius 2 is 2.54 bits per heavy atom. The molecule has 1 rings (SSSR count). The molecule has 4 nitrogen and oxygen atoms in total. The van der Waals surface area contributed by atoms with Gasteiger partial charge in [-0.15, -0.1) is 0 Å². The third kappa shape index (κ3) is 3.74. The summed E-state index contributed by atoms with van der Waals surface area (Å²) in [7, 11) is 0. The molecule has 2 unspecified atom stereocenters. The zero-order valence-electron chi connectivity index (χ0n) is 8.05. The third-order valence-corrected chi connectivity index (χ3v) is 2.24. The Morgan fingerprint density at radius 1 is 1.77 bits per heavy atom. The molecule has 1 aliphatic rings. The van der Waals surface area contributed by atoms with E-state index in [0.29, 0.717) is 13.0 Å². The number of hydrogen-bond donors (Lipinski definition) is 3. The summed E-state index contributed by atoms with van der Waals surface area (Å²) in [6, 6.07) is -0.0486. The van der Waals surface area contributed by atoms with Crippen LogP contribution in [0, 0.1) is 0 Å². The lowest BCUT2D eigenvalue weighted by Gasteiger charge is -2.23. The van der Waals surface area contributed by atoms with Crippen molar-refractivity contribution in [3.63, 3.8) is 0 Å². The molecule has 1 aliphatic heterocycles. The average Bonchev–Trinajstić information content (AvgIpc) is 2.08. The summed E-state index contributed by atoms with van der Waals surface area (Å²) < 4.78 is 0. The van der Waals surface area contributed by atoms with Crippen molar-refractivity contribution < 1.29 is 9.90 Å². The Kier molecular flexibility index (Phi) is 4.18. The first-order valence-corrected chi connectivity index (χ1v) is 4.89. The van der Waals surface area contributed by atoms with E-state index in [9.17, 15) is 4.79 Å². The molecule has 1 amide bonds. The molecule has 13 heavy (non-hydrogen) atoms. The maximum absolute atomic E-state index is 11.2. The monoisotopic (exact) mass is 186 g/mol. The minimum atomic E-state index is -0.292. The van der Waals surface area contributed by atoms with Crippen LogP contribution in [-0.2, 0) is 4.79 Å². The first-order chi connectivity index (χ1) is 6.20. The van der Waals surface area contributed by atoms with Crippen LogP contribution >= 0.6 is 0 Å². The van der Waals surface area contributed by atoms with Crippen LogP contribution < -0.4 is 10.6 Å². The van der Waals surface area contributed by atoms with Crippen molar-refractivity contribution >= 4 is 5.91 Å². The fourth-order valence-electron chi connectivity index (χ4n) is 1.43. The molecule has 0 aromatic rings. The van der Waals surface area contributed by atoms with Crippen LogP contribution in [0.5, 0.6) is 0 Å². The molecule has 0 aromatic heterocycles. The SMILES string of the molecule is CC(O)CCNC1CCCNC1=O. The number of hydrogen-bond acceptors (Lipinski definition) is 3. The largest absolute Gasteiger partial charge is 0.393 e. The van der Waals surface area contributed by atoms with Gasteiger partial charge in [-0.2, -0.15) is 0 Å². The van der Waals surface area contributed by atoms with Gasteiger partial charge < -0.3 is 15.7 Å². The van der Waals surface area contributed by atoms with Gasteiger partial charge >= 0.3 is 0 Å². The van der Waals surface area contributed by atoms with E-state index in [2.05, 4.69) is 10.6 Å². The van der Waals surface area contributed by atoms with Crippen molar-refractivity contribution in [2.24, 2.45) is 0 Å². The fraction of sp³-hybridized carbons (Fsp3) is 0.889. The van der Waals surface area contributed by atoms with Crippen molar-refractivity contribution in [2.75, 3.05) is 13.1 Å². The predicted octanol–water partition coefficient (Wildman–Crippen LogP) is -0.374. The van der Waals surface area contributed by atoms with Gasteiger partial charge in [-0.05, 0) is 32.7 Å². The summed E-state index contributed by atoms with van der Waals surface area (Å²) in [5, 5.41) is 14.9. The van der Waals surface area contributed by atoms with Crippen molar-refractivity contribution in [2.45, 2.75) is 38.3 Å². The molecule has 0 spiro atoms. The van der Waals surface area contributed by atoms with Gasteiger partial charge in [-0.25, -0.2) is 0 Å². The fourth-order valence-corrected chi connectivity index (χ4v) is 1.43. The smallest absolute Gasteiger partial charge is 0.237 e. The highest BCUT2D eigenvalue weighted by Gasteiger charge is 2.20. The molecule has 1 saturated heterocycles. The molecule has 4 heteroatoms. The van der Waals surface area contributed by atoms with Gasteiger partial charge in [-0.3, -0.25) is 4.79 Å². The standard InChI is InChI=1S/C9H18N2O2/c1-7(12)4-6-10-8-3-2-5-11-9(8)13/h7-8,10,12H,2-6H2,1H3,(H,11,13). The Morgan fingerprint density at radius 3 is 3.15 bits per heavy atom. The number of nitrogens with one attached hydrogen (secondary N) is 2. The van der Waals surface area contributed by atoms with Crippen LogP contribution in [0.15, 0.2) is 0 Å². The summed E-state index contributed by atoms with van der Waals surface area (Å²) in [5.41, 5.74) is 0. The van der Waals surface area contributed by atoms with E-state index in [4.69, 9.17) is 5.11 Å². The first kappa shape index (κ1) is 10.5. The van der Waals surface area contributed by atoms with Gasteiger partial charge in [0.25, 0.3) is 0 Å². The highest BCUT2D eigenvalue weighted by molar-refractivity contribution is 5.82. The van der Waals surface area contributed by atoms with Crippen LogP contribution in [-0.4, -0.2) is 36.2 Å². The number of rotatable bonds is 4. The Labute approximate surface area is 78.7 Å². The zero-order chi connectivity index (χ0) is 9.68. The lowest BCUT2D eigenvalue weighted by molar-refractivity contribution is -0.124. The van der Waals surface area contributed by atoms with E-state index in [1.54, 1.807) is 6.92 Å². The molecular formula is C9H18N2O2. The first-order valence-electron chi connectivity index (χ1n) is 4.89. The maximum atomic E-state index is 11.2. The number of aliphatic hydroxyl groups excluding tert-OH is 1. The molecule has 76 valence electrons. The zero-order valence-corrected chi connectivity index (χ0v) is 8.05. The summed E-state index contributed by atoms with van der Waals surface area (Å²) in [6.07, 6.45) is 2.35.